The molecule has 0 saturated heterocycles. The Hall–Kier alpha value is 0.0439. The van der Waals surface area contributed by atoms with E-state index in [0.717, 1.165) is 18.5 Å². The molecule has 2 rings (SSSR count). The first-order valence-electron chi connectivity index (χ1n) is 4.32. The quantitative estimate of drug-likeness (QED) is 0.662. The Kier molecular flexibility index (Phi) is 8.39. The van der Waals surface area contributed by atoms with Gasteiger partial charge in [0.05, 0.1) is 6.10 Å². The van der Waals surface area contributed by atoms with Crippen LogP contribution in [0.4, 0.5) is 5.69 Å². The molecule has 1 aliphatic carbocycles. The maximum absolute atomic E-state index is 7.71. The first-order chi connectivity index (χ1) is 6.36. The average Bonchev–Trinajstić information content (AvgIpc) is 3.03. The minimum atomic E-state index is 0. The Morgan fingerprint density at radius 3 is 2.07 bits per heavy atom. The zero-order chi connectivity index (χ0) is 9.52. The Morgan fingerprint density at radius 2 is 1.86 bits per heavy atom. The van der Waals surface area contributed by atoms with Crippen LogP contribution in [0.25, 0.3) is 5.32 Å². The van der Waals surface area contributed by atoms with Gasteiger partial charge in [0.2, 0.25) is 0 Å². The maximum atomic E-state index is 7.71. The molecule has 1 N–H and O–H groups in total. The Morgan fingerprint density at radius 1 is 1.29 bits per heavy atom. The zero-order valence-corrected chi connectivity index (χ0v) is 11.1. The molecule has 1 aromatic carbocycles. The molecule has 75 valence electrons. The summed E-state index contributed by atoms with van der Waals surface area (Å²) in [6, 6.07) is 9.87. The Labute approximate surface area is 110 Å². The predicted molar refractivity (Wildman–Crippen MR) is 52.1 cm³/mol. The number of para-hydroxylation sites is 1. The van der Waals surface area contributed by atoms with Gasteiger partial charge in [0.25, 0.3) is 0 Å². The molecule has 0 spiro atoms. The fraction of sp³-hybridized carbons (Fsp3) is 0.400. The molecule has 1 saturated carbocycles. The number of rotatable bonds is 2. The molecular weight excluding hydrogens is 255 g/mol. The summed E-state index contributed by atoms with van der Waals surface area (Å²) in [5.74, 6) is 0. The third kappa shape index (κ3) is 6.49. The van der Waals surface area contributed by atoms with Crippen LogP contribution in [0.2, 0.25) is 0 Å². The monoisotopic (exact) mass is 269 g/mol. The molecule has 0 aliphatic heterocycles. The van der Waals surface area contributed by atoms with Gasteiger partial charge in [-0.2, -0.15) is 0 Å². The van der Waals surface area contributed by atoms with Gasteiger partial charge in [0.15, 0.2) is 0 Å². The van der Waals surface area contributed by atoms with Crippen molar-refractivity contribution < 1.29 is 42.9 Å². The van der Waals surface area contributed by atoms with Crippen molar-refractivity contribution >= 4 is 5.69 Å². The number of hydrogen-bond acceptors (Lipinski definition) is 2. The maximum Gasteiger partial charge on any atom is 0.0929 e. The molecule has 0 atom stereocenters. The van der Waals surface area contributed by atoms with E-state index in [-0.39, 0.29) is 38.8 Å². The molecule has 1 aliphatic rings. The molecule has 0 unspecified atom stereocenters. The van der Waals surface area contributed by atoms with Crippen LogP contribution in [-0.4, -0.2) is 18.4 Å². The summed E-state index contributed by atoms with van der Waals surface area (Å²) in [6.45, 7) is 0. The molecule has 14 heavy (non-hydrogen) atoms. The van der Waals surface area contributed by atoms with Crippen LogP contribution >= 0.6 is 0 Å². The van der Waals surface area contributed by atoms with Crippen LogP contribution in [0, 0.1) is 0 Å². The molecular formula is C10H14NO2Y-. The van der Waals surface area contributed by atoms with Gasteiger partial charge in [-0.3, -0.25) is 5.26 Å². The van der Waals surface area contributed by atoms with E-state index in [2.05, 4.69) is 10.2 Å². The number of nitrogens with zero attached hydrogens (tertiary/aromatic N) is 1. The van der Waals surface area contributed by atoms with Crippen molar-refractivity contribution in [2.75, 3.05) is 7.05 Å². The summed E-state index contributed by atoms with van der Waals surface area (Å²) in [7, 11) is 1.79. The molecule has 0 amide bonds. The van der Waals surface area contributed by atoms with Crippen LogP contribution in [0.1, 0.15) is 12.8 Å². The van der Waals surface area contributed by atoms with Gasteiger partial charge in [-0.05, 0) is 12.8 Å². The van der Waals surface area contributed by atoms with E-state index in [1.54, 1.807) is 7.05 Å². The third-order valence-electron chi connectivity index (χ3n) is 1.69. The molecule has 1 aromatic rings. The van der Waals surface area contributed by atoms with Crippen molar-refractivity contribution in [2.24, 2.45) is 0 Å². The molecule has 0 aromatic heterocycles. The molecule has 1 fully saturated rings. The van der Waals surface area contributed by atoms with E-state index >= 15 is 0 Å². The minimum Gasteiger partial charge on any atom is -0.687 e. The zero-order valence-electron chi connectivity index (χ0n) is 8.26. The Balaban J connectivity index is 0.000000246. The molecule has 3 nitrogen and oxygen atoms in total. The first kappa shape index (κ1) is 14.0. The molecule has 4 heteroatoms. The number of benzene rings is 1. The minimum absolute atomic E-state index is 0. The van der Waals surface area contributed by atoms with E-state index in [4.69, 9.17) is 5.26 Å². The Bertz CT molecular complexity index is 227. The number of hydrogen-bond donors (Lipinski definition) is 1. The van der Waals surface area contributed by atoms with Gasteiger partial charge in [-0.25, -0.2) is 4.89 Å². The second-order valence-corrected chi connectivity index (χ2v) is 2.86. The predicted octanol–water partition coefficient (Wildman–Crippen LogP) is 2.96. The topological polar surface area (TPSA) is 43.6 Å². The second-order valence-electron chi connectivity index (χ2n) is 2.86. The van der Waals surface area contributed by atoms with Crippen molar-refractivity contribution in [1.29, 1.82) is 0 Å². The van der Waals surface area contributed by atoms with Gasteiger partial charge in [-0.15, -0.1) is 12.7 Å². The van der Waals surface area contributed by atoms with Crippen LogP contribution in [0.15, 0.2) is 30.3 Å². The van der Waals surface area contributed by atoms with E-state index in [1.165, 1.54) is 0 Å². The van der Waals surface area contributed by atoms with E-state index in [0.29, 0.717) is 0 Å². The van der Waals surface area contributed by atoms with Gasteiger partial charge >= 0.3 is 0 Å². The van der Waals surface area contributed by atoms with Crippen molar-refractivity contribution in [3.05, 3.63) is 35.6 Å². The van der Waals surface area contributed by atoms with Crippen molar-refractivity contribution in [1.82, 2.24) is 0 Å². The summed E-state index contributed by atoms with van der Waals surface area (Å²) < 4.78 is 0. The van der Waals surface area contributed by atoms with Crippen LogP contribution < -0.4 is 0 Å². The van der Waals surface area contributed by atoms with Crippen LogP contribution in [-0.2, 0) is 37.6 Å². The molecule has 1 radical (unpaired) electrons. The summed E-state index contributed by atoms with van der Waals surface area (Å²) in [4.78, 5) is 3.86. The SMILES string of the molecule is C[N-]c1ccccc1.OOC1CC1.[Y]. The van der Waals surface area contributed by atoms with Gasteiger partial charge in [0, 0.05) is 32.7 Å². The second kappa shape index (κ2) is 8.36. The summed E-state index contributed by atoms with van der Waals surface area (Å²) in [6.07, 6.45) is 2.27. The summed E-state index contributed by atoms with van der Waals surface area (Å²) >= 11 is 0. The largest absolute Gasteiger partial charge is 0.687 e. The fourth-order valence-corrected chi connectivity index (χ4v) is 0.751. The smallest absolute Gasteiger partial charge is 0.0929 e. The third-order valence-corrected chi connectivity index (χ3v) is 1.69. The molecule has 0 bridgehead atoms. The fourth-order valence-electron chi connectivity index (χ4n) is 0.751. The first-order valence-corrected chi connectivity index (χ1v) is 4.32. The van der Waals surface area contributed by atoms with Crippen LogP contribution in [0.5, 0.6) is 0 Å². The van der Waals surface area contributed by atoms with Crippen molar-refractivity contribution in [2.45, 2.75) is 18.9 Å². The summed E-state index contributed by atoms with van der Waals surface area (Å²) in [5, 5.41) is 11.7. The van der Waals surface area contributed by atoms with Crippen LogP contribution in [0.3, 0.4) is 0 Å². The van der Waals surface area contributed by atoms with Gasteiger partial charge in [0.1, 0.15) is 0 Å². The standard InChI is InChI=1S/C7H8N.C3H6O2.Y/c1-8-7-5-3-2-4-6-7;4-5-3-1-2-3;/h2-6H,1H3;3-4H,1-2H2;/q-1;;. The normalized spacial score (nSPS) is 13.3. The summed E-state index contributed by atoms with van der Waals surface area (Å²) in [5.41, 5.74) is 1.03. The van der Waals surface area contributed by atoms with Gasteiger partial charge < -0.3 is 5.32 Å². The van der Waals surface area contributed by atoms with Crippen molar-refractivity contribution in [3.63, 3.8) is 0 Å². The van der Waals surface area contributed by atoms with Crippen molar-refractivity contribution in [3.8, 4) is 0 Å². The van der Waals surface area contributed by atoms with E-state index in [1.807, 2.05) is 30.3 Å². The van der Waals surface area contributed by atoms with E-state index in [9.17, 15) is 0 Å². The van der Waals surface area contributed by atoms with E-state index < -0.39 is 0 Å². The molecule has 0 heterocycles. The van der Waals surface area contributed by atoms with Gasteiger partial charge in [-0.1, -0.05) is 30.3 Å². The average molecular weight is 269 g/mol.